The van der Waals surface area contributed by atoms with Crippen molar-refractivity contribution in [1.29, 1.82) is 0 Å². The third-order valence-electron chi connectivity index (χ3n) is 6.73. The Labute approximate surface area is 241 Å². The van der Waals surface area contributed by atoms with Crippen LogP contribution in [0.1, 0.15) is 5.56 Å². The molecule has 2 N–H and O–H groups in total. The van der Waals surface area contributed by atoms with Crippen LogP contribution in [0.15, 0.2) is 77.7 Å². The molecule has 0 unspecified atom stereocenters. The summed E-state index contributed by atoms with van der Waals surface area (Å²) in [6, 6.07) is 20.3. The largest absolute Gasteiger partial charge is 0.493 e. The molecule has 0 saturated heterocycles. The monoisotopic (exact) mass is 570 g/mol. The van der Waals surface area contributed by atoms with Crippen LogP contribution < -0.4 is 35.1 Å². The number of fused-ring (bicyclic) bond motifs is 1. The van der Waals surface area contributed by atoms with Gasteiger partial charge in [0.25, 0.3) is 0 Å². The summed E-state index contributed by atoms with van der Waals surface area (Å²) in [4.78, 5) is 30.2. The van der Waals surface area contributed by atoms with Crippen LogP contribution in [0.3, 0.4) is 0 Å². The lowest BCUT2D eigenvalue weighted by Crippen LogP contribution is -2.29. The van der Waals surface area contributed by atoms with Crippen molar-refractivity contribution in [2.75, 3.05) is 28.4 Å². The Kier molecular flexibility index (Phi) is 8.00. The van der Waals surface area contributed by atoms with Crippen LogP contribution >= 0.6 is 0 Å². The number of rotatable bonds is 11. The van der Waals surface area contributed by atoms with Gasteiger partial charge >= 0.3 is 5.69 Å². The zero-order valence-electron chi connectivity index (χ0n) is 23.6. The van der Waals surface area contributed by atoms with E-state index in [1.54, 1.807) is 31.4 Å². The summed E-state index contributed by atoms with van der Waals surface area (Å²) in [6.07, 6.45) is 1.54. The molecule has 11 nitrogen and oxygen atoms in total. The number of hydrogen-bond donors (Lipinski definition) is 1. The fourth-order valence-corrected chi connectivity index (χ4v) is 4.75. The lowest BCUT2D eigenvalue weighted by Gasteiger charge is -2.15. The average Bonchev–Trinajstić information content (AvgIpc) is 3.28. The maximum Gasteiger partial charge on any atom is 0.334 e. The van der Waals surface area contributed by atoms with E-state index in [9.17, 15) is 9.59 Å². The number of primary amides is 1. The first-order valence-corrected chi connectivity index (χ1v) is 12.9. The van der Waals surface area contributed by atoms with Crippen molar-refractivity contribution in [2.45, 2.75) is 13.2 Å². The van der Waals surface area contributed by atoms with E-state index in [0.29, 0.717) is 57.8 Å². The Hall–Kier alpha value is -5.45. The van der Waals surface area contributed by atoms with Crippen molar-refractivity contribution in [3.05, 3.63) is 89.0 Å². The van der Waals surface area contributed by atoms with Gasteiger partial charge in [0.15, 0.2) is 23.0 Å². The molecule has 11 heteroatoms. The van der Waals surface area contributed by atoms with Gasteiger partial charge in [-0.2, -0.15) is 0 Å². The summed E-state index contributed by atoms with van der Waals surface area (Å²) in [7, 11) is 6.05. The molecule has 0 aliphatic rings. The fraction of sp³-hybridized carbons (Fsp3) is 0.194. The molecule has 3 aromatic carbocycles. The molecule has 216 valence electrons. The van der Waals surface area contributed by atoms with Crippen molar-refractivity contribution >= 4 is 16.9 Å². The summed E-state index contributed by atoms with van der Waals surface area (Å²) in [5, 5.41) is 0. The fourth-order valence-electron chi connectivity index (χ4n) is 4.75. The lowest BCUT2D eigenvalue weighted by atomic mass is 10.1. The summed E-state index contributed by atoms with van der Waals surface area (Å²) in [5.74, 6) is 1.53. The Morgan fingerprint density at radius 3 is 2.12 bits per heavy atom. The summed E-state index contributed by atoms with van der Waals surface area (Å²) >= 11 is 0. The van der Waals surface area contributed by atoms with E-state index in [1.807, 2.05) is 42.5 Å². The Morgan fingerprint density at radius 2 is 1.50 bits per heavy atom. The molecule has 5 rings (SSSR count). The van der Waals surface area contributed by atoms with Gasteiger partial charge in [-0.3, -0.25) is 18.9 Å². The van der Waals surface area contributed by atoms with Crippen LogP contribution in [0.25, 0.3) is 28.0 Å². The van der Waals surface area contributed by atoms with Crippen LogP contribution in [0.2, 0.25) is 0 Å². The van der Waals surface area contributed by atoms with Gasteiger partial charge in [0.1, 0.15) is 13.2 Å². The molecule has 42 heavy (non-hydrogen) atoms. The van der Waals surface area contributed by atoms with Crippen molar-refractivity contribution in [2.24, 2.45) is 5.73 Å². The first kappa shape index (κ1) is 28.1. The molecule has 0 atom stereocenters. The highest BCUT2D eigenvalue weighted by Crippen LogP contribution is 2.40. The Bertz CT molecular complexity index is 1790. The zero-order valence-corrected chi connectivity index (χ0v) is 23.6. The average molecular weight is 571 g/mol. The molecule has 5 aromatic rings. The number of imidazole rings is 1. The molecule has 0 fully saturated rings. The number of carbonyl (C=O) groups excluding carboxylic acids is 1. The highest BCUT2D eigenvalue weighted by molar-refractivity contribution is 5.84. The molecular formula is C31H30N4O7. The number of methoxy groups -OCH3 is 4. The first-order valence-electron chi connectivity index (χ1n) is 12.9. The zero-order chi connectivity index (χ0) is 29.8. The number of nitrogens with two attached hydrogens (primary N) is 1. The standard InChI is InChI=1S/C31H30N4O7/c1-38-25-11-10-20(12-26(25)42-18-19-8-6-5-7-9-19)22-15-23-24(16-33-22)34(17-29(32)36)31(37)35(23)21-13-27(39-2)30(41-4)28(14-21)40-3/h5-16H,17-18H2,1-4H3,(H2,32,36). The van der Waals surface area contributed by atoms with Crippen molar-refractivity contribution < 1.29 is 28.5 Å². The van der Waals surface area contributed by atoms with Gasteiger partial charge in [0, 0.05) is 17.7 Å². The van der Waals surface area contributed by atoms with Crippen molar-refractivity contribution in [1.82, 2.24) is 14.1 Å². The maximum absolute atomic E-state index is 13.7. The summed E-state index contributed by atoms with van der Waals surface area (Å²) in [6.45, 7) is 0.0254. The van der Waals surface area contributed by atoms with Crippen LogP contribution in [0, 0.1) is 0 Å². The topological polar surface area (TPSA) is 129 Å². The third-order valence-corrected chi connectivity index (χ3v) is 6.73. The SMILES string of the molecule is COc1ccc(-c2cc3c(cn2)n(CC(N)=O)c(=O)n3-c2cc(OC)c(OC)c(OC)c2)cc1OCc1ccccc1. The first-order chi connectivity index (χ1) is 20.4. The van der Waals surface area contributed by atoms with Gasteiger partial charge in [0.2, 0.25) is 11.7 Å². The number of carbonyl (C=O) groups is 1. The second-order valence-electron chi connectivity index (χ2n) is 9.25. The van der Waals surface area contributed by atoms with Crippen LogP contribution in [0.4, 0.5) is 0 Å². The van der Waals surface area contributed by atoms with E-state index in [0.717, 1.165) is 11.1 Å². The molecule has 0 aliphatic carbocycles. The van der Waals surface area contributed by atoms with Crippen molar-refractivity contribution in [3.8, 4) is 45.7 Å². The van der Waals surface area contributed by atoms with Gasteiger partial charge in [-0.25, -0.2) is 4.79 Å². The summed E-state index contributed by atoms with van der Waals surface area (Å²) in [5.41, 5.74) is 8.64. The van der Waals surface area contributed by atoms with E-state index >= 15 is 0 Å². The minimum Gasteiger partial charge on any atom is -0.493 e. The van der Waals surface area contributed by atoms with E-state index in [-0.39, 0.29) is 6.54 Å². The maximum atomic E-state index is 13.7. The second kappa shape index (κ2) is 12.0. The molecule has 0 saturated carbocycles. The van der Waals surface area contributed by atoms with E-state index in [4.69, 9.17) is 29.4 Å². The number of benzene rings is 3. The van der Waals surface area contributed by atoms with Crippen LogP contribution in [-0.2, 0) is 17.9 Å². The predicted molar refractivity (Wildman–Crippen MR) is 157 cm³/mol. The van der Waals surface area contributed by atoms with Crippen LogP contribution in [-0.4, -0.2) is 48.5 Å². The molecule has 2 heterocycles. The van der Waals surface area contributed by atoms with E-state index < -0.39 is 11.6 Å². The van der Waals surface area contributed by atoms with Crippen LogP contribution in [0.5, 0.6) is 28.7 Å². The minimum atomic E-state index is -0.666. The molecule has 1 amide bonds. The number of amides is 1. The highest BCUT2D eigenvalue weighted by atomic mass is 16.5. The third kappa shape index (κ3) is 5.31. The molecule has 2 aromatic heterocycles. The number of aromatic nitrogens is 3. The van der Waals surface area contributed by atoms with E-state index in [2.05, 4.69) is 4.98 Å². The molecule has 0 spiro atoms. The summed E-state index contributed by atoms with van der Waals surface area (Å²) < 4.78 is 30.8. The Balaban J connectivity index is 1.66. The number of nitrogens with zero attached hydrogens (tertiary/aromatic N) is 3. The van der Waals surface area contributed by atoms with Gasteiger partial charge in [0.05, 0.1) is 57.1 Å². The van der Waals surface area contributed by atoms with Gasteiger partial charge < -0.3 is 29.4 Å². The minimum absolute atomic E-state index is 0.326. The predicted octanol–water partition coefficient (Wildman–Crippen LogP) is 3.95. The highest BCUT2D eigenvalue weighted by Gasteiger charge is 2.21. The number of hydrogen-bond acceptors (Lipinski definition) is 8. The van der Waals surface area contributed by atoms with E-state index in [1.165, 1.54) is 36.7 Å². The smallest absolute Gasteiger partial charge is 0.334 e. The number of pyridine rings is 1. The second-order valence-corrected chi connectivity index (χ2v) is 9.25. The van der Waals surface area contributed by atoms with Gasteiger partial charge in [-0.05, 0) is 29.8 Å². The molecular weight excluding hydrogens is 540 g/mol. The molecule has 0 bridgehead atoms. The number of ether oxygens (including phenoxy) is 5. The Morgan fingerprint density at radius 1 is 0.810 bits per heavy atom. The van der Waals surface area contributed by atoms with Gasteiger partial charge in [-0.1, -0.05) is 30.3 Å². The molecule has 0 aliphatic heterocycles. The lowest BCUT2D eigenvalue weighted by molar-refractivity contribution is -0.118. The van der Waals surface area contributed by atoms with Gasteiger partial charge in [-0.15, -0.1) is 0 Å². The molecule has 0 radical (unpaired) electrons. The quantitative estimate of drug-likeness (QED) is 0.253. The van der Waals surface area contributed by atoms with Crippen molar-refractivity contribution in [3.63, 3.8) is 0 Å². The normalized spacial score (nSPS) is 10.9.